The lowest BCUT2D eigenvalue weighted by atomic mass is 9.60. The minimum atomic E-state index is -1.04. The van der Waals surface area contributed by atoms with E-state index in [-0.39, 0.29) is 5.41 Å². The van der Waals surface area contributed by atoms with E-state index in [2.05, 4.69) is 32.6 Å². The molecule has 0 saturated heterocycles. The summed E-state index contributed by atoms with van der Waals surface area (Å²) in [7, 11) is 0. The first-order valence-electron chi connectivity index (χ1n) is 12.3. The summed E-state index contributed by atoms with van der Waals surface area (Å²) in [5, 5.41) is 40.5. The van der Waals surface area contributed by atoms with Gasteiger partial charge >= 0.3 is 0 Å². The van der Waals surface area contributed by atoms with E-state index in [4.69, 9.17) is 0 Å². The molecule has 0 radical (unpaired) electrons. The second kappa shape index (κ2) is 9.51. The van der Waals surface area contributed by atoms with Crippen molar-refractivity contribution in [3.63, 3.8) is 0 Å². The van der Waals surface area contributed by atoms with Crippen LogP contribution in [0.15, 0.2) is 35.5 Å². The van der Waals surface area contributed by atoms with Crippen LogP contribution in [-0.4, -0.2) is 44.3 Å². The molecule has 4 N–H and O–H groups in total. The maximum absolute atomic E-state index is 10.3. The normalized spacial score (nSPS) is 39.0. The molecule has 0 heterocycles. The van der Waals surface area contributed by atoms with Crippen molar-refractivity contribution in [3.8, 4) is 0 Å². The third-order valence-corrected chi connectivity index (χ3v) is 8.70. The molecule has 3 rings (SSSR count). The molecule has 0 unspecified atom stereocenters. The second-order valence-corrected chi connectivity index (χ2v) is 11.4. The van der Waals surface area contributed by atoms with Gasteiger partial charge in [0, 0.05) is 6.42 Å². The van der Waals surface area contributed by atoms with Crippen molar-refractivity contribution in [2.24, 2.45) is 23.2 Å². The smallest absolute Gasteiger partial charge is 0.0849 e. The first-order valence-corrected chi connectivity index (χ1v) is 12.3. The fraction of sp³-hybridized carbons (Fsp3) is 0.778. The molecular weight excluding hydrogens is 388 g/mol. The van der Waals surface area contributed by atoms with Gasteiger partial charge in [-0.05, 0) is 99.5 Å². The summed E-state index contributed by atoms with van der Waals surface area (Å²) < 4.78 is 0. The Balaban J connectivity index is 1.71. The minimum absolute atomic E-state index is 0.282. The maximum Gasteiger partial charge on any atom is 0.0849 e. The molecule has 0 amide bonds. The largest absolute Gasteiger partial charge is 0.393 e. The lowest BCUT2D eigenvalue weighted by Crippen LogP contribution is -2.38. The number of hydrogen-bond acceptors (Lipinski definition) is 4. The number of aliphatic hydroxyl groups is 4. The maximum atomic E-state index is 10.3. The quantitative estimate of drug-likeness (QED) is 0.491. The Morgan fingerprint density at radius 2 is 1.90 bits per heavy atom. The molecule has 0 aromatic rings. The van der Waals surface area contributed by atoms with Crippen molar-refractivity contribution in [2.45, 2.75) is 109 Å². The number of allylic oxidation sites excluding steroid dienone is 3. The fourth-order valence-corrected chi connectivity index (χ4v) is 6.65. The highest BCUT2D eigenvalue weighted by Crippen LogP contribution is 2.60. The zero-order valence-electron chi connectivity index (χ0n) is 20.0. The van der Waals surface area contributed by atoms with E-state index >= 15 is 0 Å². The van der Waals surface area contributed by atoms with Gasteiger partial charge in [0.2, 0.25) is 0 Å². The average Bonchev–Trinajstić information content (AvgIpc) is 3.04. The van der Waals surface area contributed by atoms with Gasteiger partial charge in [0.15, 0.2) is 0 Å². The Kier molecular flexibility index (Phi) is 7.57. The number of hydrogen-bond donors (Lipinski definition) is 4. The second-order valence-electron chi connectivity index (χ2n) is 11.4. The summed E-state index contributed by atoms with van der Waals surface area (Å²) in [5.74, 6) is 1.74. The molecule has 0 bridgehead atoms. The molecule has 3 saturated carbocycles. The molecule has 0 aromatic carbocycles. The van der Waals surface area contributed by atoms with Gasteiger partial charge in [-0.15, -0.1) is 0 Å². The molecule has 31 heavy (non-hydrogen) atoms. The van der Waals surface area contributed by atoms with Gasteiger partial charge in [-0.3, -0.25) is 0 Å². The van der Waals surface area contributed by atoms with E-state index in [1.165, 1.54) is 31.3 Å². The van der Waals surface area contributed by atoms with Crippen LogP contribution < -0.4 is 0 Å². The van der Waals surface area contributed by atoms with Crippen molar-refractivity contribution >= 4 is 0 Å². The fourth-order valence-electron chi connectivity index (χ4n) is 6.65. The monoisotopic (exact) mass is 432 g/mol. The SMILES string of the molecule is C=C1/C(=C\C=C2\CCC[C@@]3(C)[C@H]2CC[C@H]3[C@@H](C)CC[C@H](O)C(C)(C)O)C[C@@H](O)C[C@@H]1O. The molecule has 3 aliphatic carbocycles. The van der Waals surface area contributed by atoms with Crippen LogP contribution in [0.4, 0.5) is 0 Å². The van der Waals surface area contributed by atoms with E-state index in [1.807, 2.05) is 0 Å². The molecule has 0 aromatic heterocycles. The summed E-state index contributed by atoms with van der Waals surface area (Å²) in [6.45, 7) is 12.2. The lowest BCUT2D eigenvalue weighted by Gasteiger charge is -2.44. The van der Waals surface area contributed by atoms with Crippen LogP contribution in [0.25, 0.3) is 0 Å². The molecule has 0 spiro atoms. The Morgan fingerprint density at radius 1 is 1.19 bits per heavy atom. The van der Waals surface area contributed by atoms with Gasteiger partial charge in [0.1, 0.15) is 0 Å². The van der Waals surface area contributed by atoms with Crippen LogP contribution in [0.2, 0.25) is 0 Å². The van der Waals surface area contributed by atoms with E-state index in [0.29, 0.717) is 37.0 Å². The Morgan fingerprint density at radius 3 is 2.58 bits per heavy atom. The van der Waals surface area contributed by atoms with Crippen LogP contribution >= 0.6 is 0 Å². The van der Waals surface area contributed by atoms with Crippen LogP contribution in [0.5, 0.6) is 0 Å². The van der Waals surface area contributed by atoms with Gasteiger partial charge in [0.05, 0.1) is 23.9 Å². The number of aliphatic hydroxyl groups excluding tert-OH is 3. The van der Waals surface area contributed by atoms with Gasteiger partial charge in [0.25, 0.3) is 0 Å². The summed E-state index contributed by atoms with van der Waals surface area (Å²) >= 11 is 0. The van der Waals surface area contributed by atoms with Crippen LogP contribution in [0.1, 0.15) is 85.5 Å². The summed E-state index contributed by atoms with van der Waals surface area (Å²) in [6.07, 6.45) is 11.1. The third kappa shape index (κ3) is 5.35. The van der Waals surface area contributed by atoms with Gasteiger partial charge in [-0.25, -0.2) is 0 Å². The van der Waals surface area contributed by atoms with E-state index in [1.54, 1.807) is 13.8 Å². The molecule has 7 atom stereocenters. The summed E-state index contributed by atoms with van der Waals surface area (Å²) in [4.78, 5) is 0. The Bertz CT molecular complexity index is 715. The van der Waals surface area contributed by atoms with Gasteiger partial charge in [-0.2, -0.15) is 0 Å². The summed E-state index contributed by atoms with van der Waals surface area (Å²) in [6, 6.07) is 0. The third-order valence-electron chi connectivity index (χ3n) is 8.70. The van der Waals surface area contributed by atoms with Crippen molar-refractivity contribution in [1.82, 2.24) is 0 Å². The van der Waals surface area contributed by atoms with Crippen LogP contribution in [-0.2, 0) is 0 Å². The van der Waals surface area contributed by atoms with E-state index < -0.39 is 23.9 Å². The predicted octanol–water partition coefficient (Wildman–Crippen LogP) is 4.68. The highest BCUT2D eigenvalue weighted by Gasteiger charge is 2.50. The van der Waals surface area contributed by atoms with Crippen molar-refractivity contribution < 1.29 is 20.4 Å². The topological polar surface area (TPSA) is 80.9 Å². The van der Waals surface area contributed by atoms with Gasteiger partial charge in [-0.1, -0.05) is 38.2 Å². The average molecular weight is 433 g/mol. The number of rotatable bonds is 6. The predicted molar refractivity (Wildman–Crippen MR) is 125 cm³/mol. The Hall–Kier alpha value is -0.940. The highest BCUT2D eigenvalue weighted by molar-refractivity contribution is 5.38. The first kappa shape index (κ1) is 24.7. The Labute approximate surface area is 188 Å². The van der Waals surface area contributed by atoms with Crippen molar-refractivity contribution in [3.05, 3.63) is 35.5 Å². The first-order chi connectivity index (χ1) is 14.4. The van der Waals surface area contributed by atoms with Crippen molar-refractivity contribution in [2.75, 3.05) is 0 Å². The molecule has 3 fully saturated rings. The molecule has 4 heteroatoms. The number of fused-ring (bicyclic) bond motifs is 1. The molecule has 4 nitrogen and oxygen atoms in total. The standard InChI is InChI=1S/C27H44O4/c1-17(8-13-25(30)26(3,4)31)22-11-12-23-19(7-6-14-27(22,23)5)9-10-20-15-21(28)16-24(29)18(20)2/h9-10,17,21-25,28-31H,2,6-8,11-16H2,1,3-5H3/b19-9-,20-10-/t17-,21+,22-,23-,24-,25-,27+/m0/s1. The van der Waals surface area contributed by atoms with Crippen LogP contribution in [0, 0.1) is 23.2 Å². The molecule has 3 aliphatic rings. The minimum Gasteiger partial charge on any atom is -0.393 e. The molecule has 0 aliphatic heterocycles. The zero-order chi connectivity index (χ0) is 23.0. The van der Waals surface area contributed by atoms with E-state index in [0.717, 1.165) is 24.0 Å². The molecule has 176 valence electrons. The van der Waals surface area contributed by atoms with Crippen molar-refractivity contribution in [1.29, 1.82) is 0 Å². The van der Waals surface area contributed by atoms with Crippen LogP contribution in [0.3, 0.4) is 0 Å². The lowest BCUT2D eigenvalue weighted by molar-refractivity contribution is -0.0554. The highest BCUT2D eigenvalue weighted by atomic mass is 16.3. The van der Waals surface area contributed by atoms with Gasteiger partial charge < -0.3 is 20.4 Å². The zero-order valence-corrected chi connectivity index (χ0v) is 20.0. The molecular formula is C27H44O4. The van der Waals surface area contributed by atoms with E-state index in [9.17, 15) is 20.4 Å². The summed E-state index contributed by atoms with van der Waals surface area (Å²) in [5.41, 5.74) is 2.48.